The van der Waals surface area contributed by atoms with Crippen LogP contribution in [0.15, 0.2) is 28.8 Å². The van der Waals surface area contributed by atoms with Crippen molar-refractivity contribution in [3.05, 3.63) is 35.7 Å². The molecule has 3 rings (SSSR count). The van der Waals surface area contributed by atoms with Gasteiger partial charge in [-0.3, -0.25) is 15.1 Å². The summed E-state index contributed by atoms with van der Waals surface area (Å²) in [6, 6.07) is 4.56. The molecule has 1 aromatic heterocycles. The molecule has 0 radical (unpaired) electrons. The molecule has 1 amide bonds. The molecule has 0 bridgehead atoms. The molecule has 0 spiro atoms. The Morgan fingerprint density at radius 3 is 2.76 bits per heavy atom. The quantitative estimate of drug-likeness (QED) is 0.864. The van der Waals surface area contributed by atoms with Gasteiger partial charge in [0.2, 0.25) is 11.7 Å². The third-order valence-electron chi connectivity index (χ3n) is 3.95. The van der Waals surface area contributed by atoms with Gasteiger partial charge in [-0.1, -0.05) is 17.3 Å². The summed E-state index contributed by atoms with van der Waals surface area (Å²) >= 11 is 0. The third-order valence-corrected chi connectivity index (χ3v) is 3.95. The predicted molar refractivity (Wildman–Crippen MR) is 80.3 cm³/mol. The van der Waals surface area contributed by atoms with Crippen LogP contribution in [0.4, 0.5) is 13.2 Å². The van der Waals surface area contributed by atoms with E-state index >= 15 is 0 Å². The van der Waals surface area contributed by atoms with Crippen molar-refractivity contribution >= 4 is 11.9 Å². The van der Waals surface area contributed by atoms with Crippen molar-refractivity contribution in [3.63, 3.8) is 0 Å². The van der Waals surface area contributed by atoms with E-state index in [1.165, 1.54) is 19.2 Å². The lowest BCUT2D eigenvalue weighted by atomic mass is 9.95. The van der Waals surface area contributed by atoms with E-state index in [1.54, 1.807) is 6.92 Å². The monoisotopic (exact) mass is 353 g/mol. The van der Waals surface area contributed by atoms with Crippen LogP contribution < -0.4 is 5.32 Å². The van der Waals surface area contributed by atoms with Gasteiger partial charge in [0.15, 0.2) is 5.96 Å². The molecule has 0 unspecified atom stereocenters. The summed E-state index contributed by atoms with van der Waals surface area (Å²) < 4.78 is 43.6. The zero-order chi connectivity index (χ0) is 18.4. The molecule has 0 saturated carbocycles. The average Bonchev–Trinajstić information content (AvgIpc) is 3.03. The van der Waals surface area contributed by atoms with E-state index in [-0.39, 0.29) is 35.6 Å². The van der Waals surface area contributed by atoms with E-state index in [0.717, 1.165) is 17.0 Å². The summed E-state index contributed by atoms with van der Waals surface area (Å²) in [6.45, 7) is 1.61. The van der Waals surface area contributed by atoms with E-state index in [9.17, 15) is 18.0 Å². The number of carbonyl (C=O) groups is 1. The molecule has 10 heteroatoms. The number of carbonyl (C=O) groups excluding carboxylic acids is 1. The first kappa shape index (κ1) is 16.9. The normalized spacial score (nSPS) is 21.4. The third kappa shape index (κ3) is 3.06. The van der Waals surface area contributed by atoms with Crippen molar-refractivity contribution in [1.82, 2.24) is 20.4 Å². The van der Waals surface area contributed by atoms with Crippen LogP contribution in [0.5, 0.6) is 0 Å². The number of hydrogen-bond acceptors (Lipinski definition) is 5. The molecule has 7 nitrogen and oxygen atoms in total. The first-order valence-electron chi connectivity index (χ1n) is 7.25. The van der Waals surface area contributed by atoms with Crippen molar-refractivity contribution in [2.45, 2.75) is 25.1 Å². The molecule has 2 heterocycles. The Kier molecular flexibility index (Phi) is 3.77. The highest BCUT2D eigenvalue weighted by molar-refractivity contribution is 5.98. The van der Waals surface area contributed by atoms with Gasteiger partial charge in [-0.05, 0) is 19.1 Å². The van der Waals surface area contributed by atoms with Gasteiger partial charge in [0.05, 0.1) is 12.0 Å². The molecule has 132 valence electrons. The van der Waals surface area contributed by atoms with Crippen molar-refractivity contribution in [2.24, 2.45) is 0 Å². The lowest BCUT2D eigenvalue weighted by molar-refractivity contribution is -0.137. The van der Waals surface area contributed by atoms with E-state index in [1.807, 2.05) is 0 Å². The molecular weight excluding hydrogens is 339 g/mol. The molecule has 1 aliphatic heterocycles. The Morgan fingerprint density at radius 1 is 1.40 bits per heavy atom. The fourth-order valence-electron chi connectivity index (χ4n) is 2.46. The summed E-state index contributed by atoms with van der Waals surface area (Å²) in [5, 5.41) is 14.3. The number of nitrogens with zero attached hydrogens (tertiary/aromatic N) is 3. The van der Waals surface area contributed by atoms with Crippen LogP contribution in [0.1, 0.15) is 24.8 Å². The van der Waals surface area contributed by atoms with E-state index in [4.69, 9.17) is 9.93 Å². The first-order chi connectivity index (χ1) is 11.6. The average molecular weight is 353 g/mol. The minimum Gasteiger partial charge on any atom is -0.341 e. The van der Waals surface area contributed by atoms with Gasteiger partial charge in [0, 0.05) is 12.6 Å². The molecule has 2 N–H and O–H groups in total. The molecule has 0 aliphatic carbocycles. The summed E-state index contributed by atoms with van der Waals surface area (Å²) in [5.74, 6) is -0.448. The minimum atomic E-state index is -4.48. The molecule has 1 saturated heterocycles. The van der Waals surface area contributed by atoms with E-state index < -0.39 is 17.3 Å². The number of aromatic nitrogens is 2. The summed E-state index contributed by atoms with van der Waals surface area (Å²) in [6.07, 6.45) is -4.51. The lowest BCUT2D eigenvalue weighted by Gasteiger charge is -2.36. The maximum atomic E-state index is 12.8. The Labute approximate surface area is 140 Å². The molecule has 1 atom stereocenters. The number of amides is 1. The number of alkyl halides is 3. The standard InChI is InChI=1S/C15H14F3N5O2/c1-14(7-10(24)23(2)13(19)21-14)12-20-11(22-25-12)8-4-3-5-9(6-8)15(16,17)18/h3-6H,7H2,1-2H3,(H2,19,21)/t14-/m0/s1. The number of guanidine groups is 1. The largest absolute Gasteiger partial charge is 0.416 e. The Morgan fingerprint density at radius 2 is 2.12 bits per heavy atom. The topological polar surface area (TPSA) is 95.1 Å². The zero-order valence-corrected chi connectivity index (χ0v) is 13.3. The highest BCUT2D eigenvalue weighted by Crippen LogP contribution is 2.33. The smallest absolute Gasteiger partial charge is 0.341 e. The molecule has 25 heavy (non-hydrogen) atoms. The maximum absolute atomic E-state index is 12.8. The number of rotatable bonds is 2. The lowest BCUT2D eigenvalue weighted by Crippen LogP contribution is -2.58. The van der Waals surface area contributed by atoms with Gasteiger partial charge >= 0.3 is 6.18 Å². The summed E-state index contributed by atoms with van der Waals surface area (Å²) in [4.78, 5) is 17.2. The van der Waals surface area contributed by atoms with Crippen molar-refractivity contribution in [2.75, 3.05) is 7.05 Å². The molecule has 1 fully saturated rings. The van der Waals surface area contributed by atoms with Crippen molar-refractivity contribution in [3.8, 4) is 11.4 Å². The first-order valence-corrected chi connectivity index (χ1v) is 7.25. The second-order valence-electron chi connectivity index (χ2n) is 5.94. The van der Waals surface area contributed by atoms with E-state index in [0.29, 0.717) is 0 Å². The molecule has 2 aromatic rings. The number of halogens is 3. The van der Waals surface area contributed by atoms with Crippen molar-refractivity contribution in [1.29, 1.82) is 5.41 Å². The molecule has 1 aliphatic rings. The van der Waals surface area contributed by atoms with Crippen LogP contribution in [-0.4, -0.2) is 34.0 Å². The minimum absolute atomic E-state index is 0.0195. The second kappa shape index (κ2) is 5.57. The molecular formula is C15H14F3N5O2. The van der Waals surface area contributed by atoms with Crippen LogP contribution in [0.3, 0.4) is 0 Å². The number of benzene rings is 1. The van der Waals surface area contributed by atoms with Gasteiger partial charge in [-0.2, -0.15) is 18.2 Å². The zero-order valence-electron chi connectivity index (χ0n) is 13.3. The second-order valence-corrected chi connectivity index (χ2v) is 5.94. The van der Waals surface area contributed by atoms with Gasteiger partial charge in [0.25, 0.3) is 5.89 Å². The van der Waals surface area contributed by atoms with Crippen LogP contribution in [0.25, 0.3) is 11.4 Å². The highest BCUT2D eigenvalue weighted by Gasteiger charge is 2.42. The number of hydrogen-bond donors (Lipinski definition) is 2. The Balaban J connectivity index is 1.93. The highest BCUT2D eigenvalue weighted by atomic mass is 19.4. The number of nitrogens with one attached hydrogen (secondary N) is 2. The Bertz CT molecular complexity index is 828. The Hall–Kier alpha value is -2.91. The van der Waals surface area contributed by atoms with Crippen LogP contribution >= 0.6 is 0 Å². The fourth-order valence-corrected chi connectivity index (χ4v) is 2.46. The predicted octanol–water partition coefficient (Wildman–Crippen LogP) is 2.36. The van der Waals surface area contributed by atoms with Crippen LogP contribution in [0, 0.1) is 5.41 Å². The van der Waals surface area contributed by atoms with Crippen LogP contribution in [0.2, 0.25) is 0 Å². The van der Waals surface area contributed by atoms with Gasteiger partial charge in [-0.15, -0.1) is 0 Å². The van der Waals surface area contributed by atoms with Gasteiger partial charge < -0.3 is 9.84 Å². The molecule has 1 aromatic carbocycles. The van der Waals surface area contributed by atoms with Gasteiger partial charge in [0.1, 0.15) is 5.54 Å². The SMILES string of the molecule is CN1C(=N)N[C@](C)(c2nc(-c3cccc(C(F)(F)F)c3)no2)CC1=O. The maximum Gasteiger partial charge on any atom is 0.416 e. The van der Waals surface area contributed by atoms with E-state index in [2.05, 4.69) is 15.5 Å². The van der Waals surface area contributed by atoms with Crippen molar-refractivity contribution < 1.29 is 22.5 Å². The van der Waals surface area contributed by atoms with Crippen LogP contribution in [-0.2, 0) is 16.5 Å². The van der Waals surface area contributed by atoms with Gasteiger partial charge in [-0.25, -0.2) is 0 Å². The fraction of sp³-hybridized carbons (Fsp3) is 0.333. The summed E-state index contributed by atoms with van der Waals surface area (Å²) in [7, 11) is 1.46. The summed E-state index contributed by atoms with van der Waals surface area (Å²) in [5.41, 5.74) is -1.78.